The molecule has 2 N–H and O–H groups in total. The smallest absolute Gasteiger partial charge is 0.0922 e. The van der Waals surface area contributed by atoms with Crippen molar-refractivity contribution in [3.63, 3.8) is 0 Å². The summed E-state index contributed by atoms with van der Waals surface area (Å²) in [5, 5.41) is 2.33. The van der Waals surface area contributed by atoms with E-state index in [-0.39, 0.29) is 5.54 Å². The molecule has 3 aromatic rings. The molecular formula is C38H44N4. The lowest BCUT2D eigenvalue weighted by Crippen LogP contribution is -2.33. The third-order valence-electron chi connectivity index (χ3n) is 10.2. The summed E-state index contributed by atoms with van der Waals surface area (Å²) in [5.41, 5.74) is 18.3. The number of nitrogens with zero attached hydrogens (tertiary/aromatic N) is 2. The number of nitrogens with one attached hydrogen (secondary N) is 2. The highest BCUT2D eigenvalue weighted by atomic mass is 14.9. The first-order valence-electron chi connectivity index (χ1n) is 15.5. The average molecular weight is 557 g/mol. The summed E-state index contributed by atoms with van der Waals surface area (Å²) >= 11 is 0. The number of allylic oxidation sites excluding steroid dienone is 4. The number of benzene rings is 1. The van der Waals surface area contributed by atoms with Crippen molar-refractivity contribution in [2.75, 3.05) is 0 Å². The van der Waals surface area contributed by atoms with Gasteiger partial charge in [-0.1, -0.05) is 43.7 Å². The number of rotatable bonds is 4. The van der Waals surface area contributed by atoms with Crippen molar-refractivity contribution in [1.29, 1.82) is 0 Å². The fourth-order valence-corrected chi connectivity index (χ4v) is 7.07. The predicted octanol–water partition coefficient (Wildman–Crippen LogP) is 7.14. The molecule has 5 heterocycles. The minimum Gasteiger partial charge on any atom is -0.358 e. The number of aromatic nitrogens is 2. The maximum Gasteiger partial charge on any atom is 0.0922 e. The first-order chi connectivity index (χ1) is 20.0. The molecule has 216 valence electrons. The van der Waals surface area contributed by atoms with E-state index in [0.29, 0.717) is 0 Å². The van der Waals surface area contributed by atoms with Gasteiger partial charge in [0.15, 0.2) is 0 Å². The van der Waals surface area contributed by atoms with Crippen LogP contribution in [0.5, 0.6) is 0 Å². The van der Waals surface area contributed by atoms with Gasteiger partial charge in [-0.05, 0) is 130 Å². The molecule has 8 bridgehead atoms. The van der Waals surface area contributed by atoms with Crippen LogP contribution in [0.25, 0.3) is 12.2 Å². The van der Waals surface area contributed by atoms with E-state index in [2.05, 4.69) is 115 Å². The van der Waals surface area contributed by atoms with E-state index in [0.717, 1.165) is 53.5 Å². The van der Waals surface area contributed by atoms with Crippen LogP contribution in [0.2, 0.25) is 0 Å². The Labute approximate surface area is 250 Å². The number of hydrogen-bond donors (Lipinski definition) is 2. The summed E-state index contributed by atoms with van der Waals surface area (Å²) in [7, 11) is 0. The summed E-state index contributed by atoms with van der Waals surface area (Å²) in [6.45, 7) is 20.1. The topological polar surface area (TPSA) is 56.3 Å². The first-order valence-corrected chi connectivity index (χ1v) is 15.5. The zero-order valence-corrected chi connectivity index (χ0v) is 26.8. The zero-order chi connectivity index (χ0) is 29.9. The second-order valence-corrected chi connectivity index (χ2v) is 12.6. The quantitative estimate of drug-likeness (QED) is 0.343. The highest BCUT2D eigenvalue weighted by molar-refractivity contribution is 6.24. The Hall–Kier alpha value is -3.92. The molecule has 6 rings (SSSR count). The summed E-state index contributed by atoms with van der Waals surface area (Å²) in [4.78, 5) is 18.5. The maximum absolute atomic E-state index is 5.62. The molecule has 1 unspecified atom stereocenters. The van der Waals surface area contributed by atoms with Crippen molar-refractivity contribution in [2.24, 2.45) is 9.98 Å². The van der Waals surface area contributed by atoms with E-state index in [1.807, 2.05) is 0 Å². The van der Waals surface area contributed by atoms with Gasteiger partial charge in [-0.25, -0.2) is 4.99 Å². The van der Waals surface area contributed by atoms with Crippen LogP contribution in [-0.2, 0) is 19.3 Å². The van der Waals surface area contributed by atoms with Gasteiger partial charge in [-0.3, -0.25) is 4.99 Å². The van der Waals surface area contributed by atoms with Crippen molar-refractivity contribution in [1.82, 2.24) is 9.97 Å². The number of H-pyrrole nitrogens is 2. The molecule has 2 aromatic heterocycles. The zero-order valence-electron chi connectivity index (χ0n) is 26.8. The molecular weight excluding hydrogens is 512 g/mol. The number of aliphatic imine (C=N–C) groups is 2. The molecule has 0 spiro atoms. The van der Waals surface area contributed by atoms with Crippen molar-refractivity contribution in [3.05, 3.63) is 114 Å². The molecule has 0 amide bonds. The Bertz CT molecular complexity index is 1890. The van der Waals surface area contributed by atoms with Crippen LogP contribution < -0.4 is 10.7 Å². The van der Waals surface area contributed by atoms with Gasteiger partial charge in [0.25, 0.3) is 0 Å². The van der Waals surface area contributed by atoms with Gasteiger partial charge in [0.2, 0.25) is 0 Å². The summed E-state index contributed by atoms with van der Waals surface area (Å²) in [5.74, 6) is 0. The SMILES string of the molecule is CCC1=C(C)C2=CC3=NC(Cc4ccc(C)cc4)(Cc4[nH]c(c(C)c4C)C=c4[nH]c(c(CC)c4C)=CC1=N2)C(C)=C3C. The molecule has 42 heavy (non-hydrogen) atoms. The molecule has 1 aromatic carbocycles. The van der Waals surface area contributed by atoms with Gasteiger partial charge in [0.05, 0.1) is 22.7 Å². The Morgan fingerprint density at radius 2 is 1.48 bits per heavy atom. The molecule has 0 fully saturated rings. The number of aromatic amines is 2. The lowest BCUT2D eigenvalue weighted by molar-refractivity contribution is 0.496. The number of fused-ring (bicyclic) bond motifs is 6. The van der Waals surface area contributed by atoms with E-state index in [1.54, 1.807) is 0 Å². The Morgan fingerprint density at radius 1 is 0.738 bits per heavy atom. The minimum atomic E-state index is -0.366. The highest BCUT2D eigenvalue weighted by Crippen LogP contribution is 2.40. The molecule has 0 radical (unpaired) electrons. The van der Waals surface area contributed by atoms with Crippen LogP contribution in [0.15, 0.2) is 68.3 Å². The summed E-state index contributed by atoms with van der Waals surface area (Å²) in [6, 6.07) is 8.97. The van der Waals surface area contributed by atoms with Crippen LogP contribution >= 0.6 is 0 Å². The largest absolute Gasteiger partial charge is 0.358 e. The van der Waals surface area contributed by atoms with Crippen molar-refractivity contribution < 1.29 is 0 Å². The van der Waals surface area contributed by atoms with Crippen molar-refractivity contribution in [3.8, 4) is 0 Å². The van der Waals surface area contributed by atoms with Crippen LogP contribution in [0.1, 0.15) is 85.8 Å². The molecule has 4 heteroatoms. The maximum atomic E-state index is 5.62. The van der Waals surface area contributed by atoms with E-state index < -0.39 is 0 Å². The van der Waals surface area contributed by atoms with Crippen LogP contribution in [0.3, 0.4) is 0 Å². The third kappa shape index (κ3) is 4.52. The van der Waals surface area contributed by atoms with Gasteiger partial charge >= 0.3 is 0 Å². The van der Waals surface area contributed by atoms with E-state index >= 15 is 0 Å². The predicted molar refractivity (Wildman–Crippen MR) is 178 cm³/mol. The van der Waals surface area contributed by atoms with Crippen LogP contribution in [0.4, 0.5) is 0 Å². The average Bonchev–Trinajstić information content (AvgIpc) is 3.59. The monoisotopic (exact) mass is 556 g/mol. The number of aryl methyl sites for hydroxylation is 1. The standard InChI is InChI=1S/C38H44N4/c1-10-29-25(7)32-16-31-22(4)23(5)37(41-31)20-38(19-28-14-12-21(3)13-15-28)27(9)24(6)34(42-38)17-33-26(8)30(11-2)36(40-33)18-35(29)39-32/h12-18,39,41H,10-11,19-20H2,1-9H3. The number of hydrogen-bond acceptors (Lipinski definition) is 2. The van der Waals surface area contributed by atoms with Gasteiger partial charge in [0.1, 0.15) is 0 Å². The van der Waals surface area contributed by atoms with Crippen molar-refractivity contribution >= 4 is 23.6 Å². The highest BCUT2D eigenvalue weighted by Gasteiger charge is 2.39. The molecule has 0 aliphatic carbocycles. The van der Waals surface area contributed by atoms with E-state index in [9.17, 15) is 0 Å². The van der Waals surface area contributed by atoms with E-state index in [4.69, 9.17) is 9.98 Å². The second-order valence-electron chi connectivity index (χ2n) is 12.6. The van der Waals surface area contributed by atoms with Crippen LogP contribution in [-0.4, -0.2) is 26.9 Å². The lowest BCUT2D eigenvalue weighted by atomic mass is 9.80. The minimum absolute atomic E-state index is 0.366. The molecule has 3 aliphatic heterocycles. The molecule has 4 nitrogen and oxygen atoms in total. The van der Waals surface area contributed by atoms with E-state index in [1.165, 1.54) is 67.1 Å². The Balaban J connectivity index is 1.65. The molecule has 0 saturated heterocycles. The Morgan fingerprint density at radius 3 is 2.17 bits per heavy atom. The third-order valence-corrected chi connectivity index (χ3v) is 10.2. The normalized spacial score (nSPS) is 20.0. The van der Waals surface area contributed by atoms with Gasteiger partial charge in [-0.15, -0.1) is 0 Å². The molecule has 3 aliphatic rings. The lowest BCUT2D eigenvalue weighted by Gasteiger charge is -2.29. The summed E-state index contributed by atoms with van der Waals surface area (Å²) in [6.07, 6.45) is 10.4. The Kier molecular flexibility index (Phi) is 7.00. The molecule has 0 saturated carbocycles. The van der Waals surface area contributed by atoms with Gasteiger partial charge in [0, 0.05) is 34.9 Å². The fourth-order valence-electron chi connectivity index (χ4n) is 7.07. The van der Waals surface area contributed by atoms with Gasteiger partial charge < -0.3 is 9.97 Å². The van der Waals surface area contributed by atoms with Crippen molar-refractivity contribution in [2.45, 2.75) is 93.5 Å². The fraction of sp³-hybridized carbons (Fsp3) is 0.368. The molecule has 1 atom stereocenters. The van der Waals surface area contributed by atoms with Gasteiger partial charge in [-0.2, -0.15) is 0 Å². The van der Waals surface area contributed by atoms with Crippen LogP contribution in [0, 0.1) is 27.7 Å². The summed E-state index contributed by atoms with van der Waals surface area (Å²) < 4.78 is 0. The second kappa shape index (κ2) is 10.4. The first kappa shape index (κ1) is 28.2.